The van der Waals surface area contributed by atoms with Crippen LogP contribution in [0.3, 0.4) is 0 Å². The number of hydrogen-bond acceptors (Lipinski definition) is 2. The molecule has 1 aromatic carbocycles. The van der Waals surface area contributed by atoms with Crippen molar-refractivity contribution >= 4 is 6.08 Å². The van der Waals surface area contributed by atoms with Crippen LogP contribution in [-0.2, 0) is 12.8 Å². The van der Waals surface area contributed by atoms with Crippen molar-refractivity contribution in [3.8, 4) is 5.75 Å². The van der Waals surface area contributed by atoms with E-state index in [2.05, 4.69) is 17.1 Å². The van der Waals surface area contributed by atoms with E-state index in [4.69, 9.17) is 0 Å². The summed E-state index contributed by atoms with van der Waals surface area (Å²) in [5, 5.41) is 10.1. The molecule has 90 valence electrons. The molecule has 0 radical (unpaired) electrons. The third-order valence-electron chi connectivity index (χ3n) is 3.42. The molecule has 2 aromatic rings. The van der Waals surface area contributed by atoms with E-state index in [1.807, 2.05) is 24.3 Å². The minimum Gasteiger partial charge on any atom is -0.508 e. The van der Waals surface area contributed by atoms with E-state index in [9.17, 15) is 5.11 Å². The third-order valence-corrected chi connectivity index (χ3v) is 3.42. The van der Waals surface area contributed by atoms with Crippen molar-refractivity contribution in [3.63, 3.8) is 0 Å². The molecule has 0 spiro atoms. The summed E-state index contributed by atoms with van der Waals surface area (Å²) in [6, 6.07) is 7.83. The SMILES string of the molecule is Oc1ccc2c(c1Cc1ccncc1)C=CCC2. The van der Waals surface area contributed by atoms with Gasteiger partial charge in [0, 0.05) is 24.4 Å². The molecule has 1 N–H and O–H groups in total. The van der Waals surface area contributed by atoms with Crippen LogP contribution in [0.25, 0.3) is 6.08 Å². The highest BCUT2D eigenvalue weighted by molar-refractivity contribution is 5.64. The normalized spacial score (nSPS) is 13.3. The molecule has 0 bridgehead atoms. The number of aromatic hydroxyl groups is 1. The molecule has 1 aliphatic rings. The molecular formula is C16H15NO. The first kappa shape index (κ1) is 11.0. The Morgan fingerprint density at radius 3 is 2.78 bits per heavy atom. The van der Waals surface area contributed by atoms with Crippen molar-refractivity contribution in [1.82, 2.24) is 4.98 Å². The van der Waals surface area contributed by atoms with Crippen molar-refractivity contribution in [2.75, 3.05) is 0 Å². The zero-order chi connectivity index (χ0) is 12.4. The number of hydrogen-bond donors (Lipinski definition) is 1. The van der Waals surface area contributed by atoms with Crippen LogP contribution in [-0.4, -0.2) is 10.1 Å². The van der Waals surface area contributed by atoms with Crippen LogP contribution in [0.15, 0.2) is 42.7 Å². The monoisotopic (exact) mass is 237 g/mol. The molecule has 18 heavy (non-hydrogen) atoms. The number of phenolic OH excluding ortho intramolecular Hbond substituents is 1. The first-order valence-electron chi connectivity index (χ1n) is 6.24. The summed E-state index contributed by atoms with van der Waals surface area (Å²) in [5.41, 5.74) is 4.72. The largest absolute Gasteiger partial charge is 0.508 e. The summed E-state index contributed by atoms with van der Waals surface area (Å²) in [5.74, 6) is 0.386. The molecule has 2 heteroatoms. The van der Waals surface area contributed by atoms with E-state index in [0.29, 0.717) is 5.75 Å². The lowest BCUT2D eigenvalue weighted by Gasteiger charge is -2.16. The van der Waals surface area contributed by atoms with Gasteiger partial charge in [-0.1, -0.05) is 18.2 Å². The predicted molar refractivity (Wildman–Crippen MR) is 72.5 cm³/mol. The van der Waals surface area contributed by atoms with Gasteiger partial charge in [-0.05, 0) is 47.7 Å². The summed E-state index contributed by atoms with van der Waals surface area (Å²) in [7, 11) is 0. The molecule has 0 fully saturated rings. The number of aromatic nitrogens is 1. The lowest BCUT2D eigenvalue weighted by atomic mass is 9.90. The Bertz CT molecular complexity index is 588. The molecular weight excluding hydrogens is 222 g/mol. The number of pyridine rings is 1. The third kappa shape index (κ3) is 2.02. The van der Waals surface area contributed by atoms with Crippen molar-refractivity contribution < 1.29 is 5.11 Å². The molecule has 0 unspecified atom stereocenters. The Kier molecular flexibility index (Phi) is 2.85. The van der Waals surface area contributed by atoms with Gasteiger partial charge in [0.2, 0.25) is 0 Å². The topological polar surface area (TPSA) is 33.1 Å². The minimum absolute atomic E-state index is 0.386. The van der Waals surface area contributed by atoms with Gasteiger partial charge in [-0.15, -0.1) is 0 Å². The first-order chi connectivity index (χ1) is 8.84. The fourth-order valence-corrected chi connectivity index (χ4v) is 2.46. The molecule has 0 aliphatic heterocycles. The molecule has 0 saturated heterocycles. The van der Waals surface area contributed by atoms with Gasteiger partial charge in [-0.2, -0.15) is 0 Å². The lowest BCUT2D eigenvalue weighted by molar-refractivity contribution is 0.469. The maximum atomic E-state index is 10.1. The highest BCUT2D eigenvalue weighted by Gasteiger charge is 2.13. The second-order valence-corrected chi connectivity index (χ2v) is 4.61. The molecule has 3 rings (SSSR count). The van der Waals surface area contributed by atoms with Crippen LogP contribution in [0, 0.1) is 0 Å². The summed E-state index contributed by atoms with van der Waals surface area (Å²) in [6.07, 6.45) is 10.8. The molecule has 2 nitrogen and oxygen atoms in total. The maximum absolute atomic E-state index is 10.1. The first-order valence-corrected chi connectivity index (χ1v) is 6.24. The van der Waals surface area contributed by atoms with Gasteiger partial charge in [-0.3, -0.25) is 4.98 Å². The van der Waals surface area contributed by atoms with Gasteiger partial charge >= 0.3 is 0 Å². The second-order valence-electron chi connectivity index (χ2n) is 4.61. The fraction of sp³-hybridized carbons (Fsp3) is 0.188. The quantitative estimate of drug-likeness (QED) is 0.869. The van der Waals surface area contributed by atoms with Crippen molar-refractivity contribution in [3.05, 3.63) is 65.0 Å². The van der Waals surface area contributed by atoms with E-state index in [1.54, 1.807) is 12.4 Å². The lowest BCUT2D eigenvalue weighted by Crippen LogP contribution is -2.00. The summed E-state index contributed by atoms with van der Waals surface area (Å²) in [6.45, 7) is 0. The van der Waals surface area contributed by atoms with Crippen LogP contribution < -0.4 is 0 Å². The van der Waals surface area contributed by atoms with E-state index in [1.165, 1.54) is 16.7 Å². The van der Waals surface area contributed by atoms with Gasteiger partial charge in [0.05, 0.1) is 0 Å². The zero-order valence-corrected chi connectivity index (χ0v) is 10.1. The van der Waals surface area contributed by atoms with E-state index >= 15 is 0 Å². The smallest absolute Gasteiger partial charge is 0.119 e. The van der Waals surface area contributed by atoms with E-state index in [-0.39, 0.29) is 0 Å². The molecule has 0 atom stereocenters. The predicted octanol–water partition coefficient (Wildman–Crippen LogP) is 3.34. The van der Waals surface area contributed by atoms with Gasteiger partial charge in [0.25, 0.3) is 0 Å². The number of allylic oxidation sites excluding steroid dienone is 1. The molecule has 0 saturated carbocycles. The van der Waals surface area contributed by atoms with Gasteiger partial charge in [0.15, 0.2) is 0 Å². The Balaban J connectivity index is 2.04. The number of nitrogens with zero attached hydrogens (tertiary/aromatic N) is 1. The summed E-state index contributed by atoms with van der Waals surface area (Å²) < 4.78 is 0. The fourth-order valence-electron chi connectivity index (χ4n) is 2.46. The van der Waals surface area contributed by atoms with Crippen LogP contribution in [0.1, 0.15) is 28.7 Å². The highest BCUT2D eigenvalue weighted by atomic mass is 16.3. The van der Waals surface area contributed by atoms with E-state index in [0.717, 1.165) is 24.8 Å². The Labute approximate surface area is 107 Å². The van der Waals surface area contributed by atoms with Crippen LogP contribution in [0.2, 0.25) is 0 Å². The average Bonchev–Trinajstić information content (AvgIpc) is 2.43. The van der Waals surface area contributed by atoms with Gasteiger partial charge in [0.1, 0.15) is 5.75 Å². The standard InChI is InChI=1S/C16H15NO/c18-16-6-5-13-3-1-2-4-14(13)15(16)11-12-7-9-17-10-8-12/h2,4-10,18H,1,3,11H2. The second kappa shape index (κ2) is 4.65. The minimum atomic E-state index is 0.386. The molecule has 1 heterocycles. The van der Waals surface area contributed by atoms with Crippen molar-refractivity contribution in [2.45, 2.75) is 19.3 Å². The molecule has 1 aliphatic carbocycles. The number of phenols is 1. The number of benzene rings is 1. The van der Waals surface area contributed by atoms with Gasteiger partial charge in [-0.25, -0.2) is 0 Å². The Morgan fingerprint density at radius 2 is 1.94 bits per heavy atom. The summed E-state index contributed by atoms with van der Waals surface area (Å²) >= 11 is 0. The van der Waals surface area contributed by atoms with Crippen molar-refractivity contribution in [2.24, 2.45) is 0 Å². The van der Waals surface area contributed by atoms with Crippen LogP contribution in [0.5, 0.6) is 5.75 Å². The summed E-state index contributed by atoms with van der Waals surface area (Å²) in [4.78, 5) is 4.02. The Hall–Kier alpha value is -2.09. The highest BCUT2D eigenvalue weighted by Crippen LogP contribution is 2.31. The number of fused-ring (bicyclic) bond motifs is 1. The average molecular weight is 237 g/mol. The number of rotatable bonds is 2. The van der Waals surface area contributed by atoms with Crippen LogP contribution >= 0.6 is 0 Å². The number of aryl methyl sites for hydroxylation is 1. The van der Waals surface area contributed by atoms with Crippen molar-refractivity contribution in [1.29, 1.82) is 0 Å². The zero-order valence-electron chi connectivity index (χ0n) is 10.1. The molecule has 0 amide bonds. The maximum Gasteiger partial charge on any atom is 0.119 e. The van der Waals surface area contributed by atoms with Crippen LogP contribution in [0.4, 0.5) is 0 Å². The van der Waals surface area contributed by atoms with E-state index < -0.39 is 0 Å². The van der Waals surface area contributed by atoms with Gasteiger partial charge < -0.3 is 5.11 Å². The molecule has 1 aromatic heterocycles. The Morgan fingerprint density at radius 1 is 1.11 bits per heavy atom.